The maximum Gasteiger partial charge on any atom is 0.416 e. The van der Waals surface area contributed by atoms with Crippen LogP contribution in [0.3, 0.4) is 0 Å². The monoisotopic (exact) mass is 334 g/mol. The number of halogens is 4. The zero-order valence-corrected chi connectivity index (χ0v) is 11.5. The summed E-state index contributed by atoms with van der Waals surface area (Å²) in [4.78, 5) is 11.7. The highest BCUT2D eigenvalue weighted by Gasteiger charge is 2.31. The number of nitrogens with one attached hydrogen (secondary N) is 1. The zero-order valence-electron chi connectivity index (χ0n) is 9.88. The van der Waals surface area contributed by atoms with E-state index < -0.39 is 23.6 Å². The fourth-order valence-corrected chi connectivity index (χ4v) is 1.70. The first-order valence-electron chi connectivity index (χ1n) is 5.36. The van der Waals surface area contributed by atoms with Crippen LogP contribution in [0.2, 0.25) is 0 Å². The summed E-state index contributed by atoms with van der Waals surface area (Å²) in [7, 11) is 0. The highest BCUT2D eigenvalue weighted by atomic mass is 79.9. The van der Waals surface area contributed by atoms with Crippen LogP contribution >= 0.6 is 15.9 Å². The number of alkyl halides is 3. The maximum absolute atomic E-state index is 12.5. The predicted molar refractivity (Wildman–Crippen MR) is 67.2 cm³/mol. The van der Waals surface area contributed by atoms with Gasteiger partial charge in [0.05, 0.1) is 17.3 Å². The first kappa shape index (κ1) is 15.5. The Kier molecular flexibility index (Phi) is 4.95. The third-order valence-electron chi connectivity index (χ3n) is 2.43. The average molecular weight is 335 g/mol. The molecule has 0 aliphatic heterocycles. The third-order valence-corrected chi connectivity index (χ3v) is 3.12. The normalized spacial score (nSPS) is 12.6. The van der Waals surface area contributed by atoms with Gasteiger partial charge in [-0.25, -0.2) is 0 Å². The molecule has 0 saturated carbocycles. The van der Waals surface area contributed by atoms with Crippen LogP contribution in [0.15, 0.2) is 22.7 Å². The Morgan fingerprint density at radius 3 is 2.63 bits per heavy atom. The minimum atomic E-state index is -4.49. The summed E-state index contributed by atoms with van der Waals surface area (Å²) in [5.74, 6) is -1.51. The Hall–Kier alpha value is -1.55. The van der Waals surface area contributed by atoms with E-state index in [0.29, 0.717) is 10.9 Å². The summed E-state index contributed by atoms with van der Waals surface area (Å²) in [6.45, 7) is 1.65. The Labute approximate surface area is 116 Å². The van der Waals surface area contributed by atoms with Crippen LogP contribution in [0.1, 0.15) is 18.9 Å². The largest absolute Gasteiger partial charge is 0.416 e. The summed E-state index contributed by atoms with van der Waals surface area (Å²) >= 11 is 3.05. The SMILES string of the molecule is CCC(C#N)C(=O)Nc1cc(C(F)(F)F)ccc1Br. The second-order valence-electron chi connectivity index (χ2n) is 3.77. The first-order valence-corrected chi connectivity index (χ1v) is 6.16. The lowest BCUT2D eigenvalue weighted by Crippen LogP contribution is -2.21. The van der Waals surface area contributed by atoms with Crippen molar-refractivity contribution in [1.82, 2.24) is 0 Å². The molecule has 102 valence electrons. The molecule has 0 fully saturated rings. The summed E-state index contributed by atoms with van der Waals surface area (Å²) in [6.07, 6.45) is -4.20. The number of carbonyl (C=O) groups is 1. The molecule has 0 aliphatic rings. The molecule has 0 aliphatic carbocycles. The minimum Gasteiger partial charge on any atom is -0.324 e. The second-order valence-corrected chi connectivity index (χ2v) is 4.63. The Morgan fingerprint density at radius 2 is 2.16 bits per heavy atom. The molecule has 3 nitrogen and oxygen atoms in total. The molecule has 0 heterocycles. The lowest BCUT2D eigenvalue weighted by molar-refractivity contribution is -0.137. The zero-order chi connectivity index (χ0) is 14.6. The Balaban J connectivity index is 3.02. The van der Waals surface area contributed by atoms with Crippen molar-refractivity contribution < 1.29 is 18.0 Å². The Morgan fingerprint density at radius 1 is 1.53 bits per heavy atom. The van der Waals surface area contributed by atoms with Crippen molar-refractivity contribution in [3.05, 3.63) is 28.2 Å². The van der Waals surface area contributed by atoms with Gasteiger partial charge < -0.3 is 5.32 Å². The number of anilines is 1. The van der Waals surface area contributed by atoms with Gasteiger partial charge in [0, 0.05) is 4.47 Å². The molecule has 1 unspecified atom stereocenters. The van der Waals surface area contributed by atoms with Crippen LogP contribution in [0.4, 0.5) is 18.9 Å². The summed E-state index contributed by atoms with van der Waals surface area (Å²) in [5, 5.41) is 11.0. The van der Waals surface area contributed by atoms with Gasteiger partial charge in [-0.05, 0) is 40.5 Å². The van der Waals surface area contributed by atoms with Crippen LogP contribution in [-0.4, -0.2) is 5.91 Å². The Bertz CT molecular complexity index is 523. The van der Waals surface area contributed by atoms with Crippen molar-refractivity contribution in [3.63, 3.8) is 0 Å². The van der Waals surface area contributed by atoms with Crippen molar-refractivity contribution in [1.29, 1.82) is 5.26 Å². The minimum absolute atomic E-state index is 0.00600. The number of benzene rings is 1. The third kappa shape index (κ3) is 3.96. The van der Waals surface area contributed by atoms with E-state index in [1.165, 1.54) is 6.07 Å². The quantitative estimate of drug-likeness (QED) is 0.909. The van der Waals surface area contributed by atoms with Crippen LogP contribution in [0, 0.1) is 17.2 Å². The molecule has 1 N–H and O–H groups in total. The summed E-state index contributed by atoms with van der Waals surface area (Å²) in [6, 6.07) is 4.72. The van der Waals surface area contributed by atoms with E-state index >= 15 is 0 Å². The molecule has 1 amide bonds. The maximum atomic E-state index is 12.5. The van der Waals surface area contributed by atoms with E-state index in [2.05, 4.69) is 21.2 Å². The number of rotatable bonds is 3. The van der Waals surface area contributed by atoms with Gasteiger partial charge in [-0.15, -0.1) is 0 Å². The number of nitriles is 1. The van der Waals surface area contributed by atoms with E-state index in [1.54, 1.807) is 13.0 Å². The van der Waals surface area contributed by atoms with Gasteiger partial charge >= 0.3 is 6.18 Å². The van der Waals surface area contributed by atoms with E-state index in [1.807, 2.05) is 0 Å². The van der Waals surface area contributed by atoms with E-state index in [4.69, 9.17) is 5.26 Å². The number of amides is 1. The van der Waals surface area contributed by atoms with Crippen molar-refractivity contribution >= 4 is 27.5 Å². The van der Waals surface area contributed by atoms with Gasteiger partial charge in [-0.3, -0.25) is 4.79 Å². The number of hydrogen-bond acceptors (Lipinski definition) is 2. The topological polar surface area (TPSA) is 52.9 Å². The lowest BCUT2D eigenvalue weighted by atomic mass is 10.1. The van der Waals surface area contributed by atoms with Gasteiger partial charge in [0.25, 0.3) is 0 Å². The number of nitrogens with zero attached hydrogens (tertiary/aromatic N) is 1. The molecule has 0 aromatic heterocycles. The van der Waals surface area contributed by atoms with Crippen molar-refractivity contribution in [2.24, 2.45) is 5.92 Å². The first-order chi connectivity index (χ1) is 8.79. The summed E-state index contributed by atoms with van der Waals surface area (Å²) < 4.78 is 38.0. The fraction of sp³-hybridized carbons (Fsp3) is 0.333. The number of hydrogen-bond donors (Lipinski definition) is 1. The second kappa shape index (κ2) is 6.06. The molecular formula is C12H10BrF3N2O. The summed E-state index contributed by atoms with van der Waals surface area (Å²) in [5.41, 5.74) is -0.871. The van der Waals surface area contributed by atoms with Gasteiger partial charge in [-0.2, -0.15) is 18.4 Å². The van der Waals surface area contributed by atoms with Crippen LogP contribution in [0.25, 0.3) is 0 Å². The van der Waals surface area contributed by atoms with Crippen LogP contribution in [0.5, 0.6) is 0 Å². The molecule has 19 heavy (non-hydrogen) atoms. The molecular weight excluding hydrogens is 325 g/mol. The van der Waals surface area contributed by atoms with Crippen molar-refractivity contribution in [2.75, 3.05) is 5.32 Å². The standard InChI is InChI=1S/C12H10BrF3N2O/c1-2-7(6-17)11(19)18-10-5-8(12(14,15)16)3-4-9(10)13/h3-5,7H,2H2,1H3,(H,18,19). The van der Waals surface area contributed by atoms with Crippen LogP contribution in [-0.2, 0) is 11.0 Å². The molecule has 1 aromatic carbocycles. The van der Waals surface area contributed by atoms with E-state index in [0.717, 1.165) is 12.1 Å². The van der Waals surface area contributed by atoms with Crippen molar-refractivity contribution in [3.8, 4) is 6.07 Å². The molecule has 0 saturated heterocycles. The van der Waals surface area contributed by atoms with E-state index in [9.17, 15) is 18.0 Å². The molecule has 1 aromatic rings. The molecule has 0 spiro atoms. The average Bonchev–Trinajstić information content (AvgIpc) is 2.32. The lowest BCUT2D eigenvalue weighted by Gasteiger charge is -2.13. The fourth-order valence-electron chi connectivity index (χ4n) is 1.35. The molecule has 1 atom stereocenters. The molecule has 0 bridgehead atoms. The highest BCUT2D eigenvalue weighted by Crippen LogP contribution is 2.34. The molecule has 1 rings (SSSR count). The molecule has 7 heteroatoms. The molecule has 0 radical (unpaired) electrons. The highest BCUT2D eigenvalue weighted by molar-refractivity contribution is 9.10. The van der Waals surface area contributed by atoms with Crippen molar-refractivity contribution in [2.45, 2.75) is 19.5 Å². The van der Waals surface area contributed by atoms with Gasteiger partial charge in [0.2, 0.25) is 5.91 Å². The van der Waals surface area contributed by atoms with Gasteiger partial charge in [0.15, 0.2) is 0 Å². The van der Waals surface area contributed by atoms with Crippen LogP contribution < -0.4 is 5.32 Å². The number of carbonyl (C=O) groups excluding carboxylic acids is 1. The predicted octanol–water partition coefficient (Wildman–Crippen LogP) is 3.96. The smallest absolute Gasteiger partial charge is 0.324 e. The van der Waals surface area contributed by atoms with E-state index in [-0.39, 0.29) is 5.69 Å². The van der Waals surface area contributed by atoms with Gasteiger partial charge in [0.1, 0.15) is 5.92 Å². The van der Waals surface area contributed by atoms with Gasteiger partial charge in [-0.1, -0.05) is 6.92 Å².